The molecule has 0 aliphatic carbocycles. The molecule has 0 bridgehead atoms. The number of pyridine rings is 1. The van der Waals surface area contributed by atoms with Crippen LogP contribution in [0.4, 0.5) is 5.69 Å². The highest BCUT2D eigenvalue weighted by atomic mass is 16.5. The van der Waals surface area contributed by atoms with Gasteiger partial charge in [0.05, 0.1) is 0 Å². The van der Waals surface area contributed by atoms with Crippen molar-refractivity contribution in [2.24, 2.45) is 0 Å². The number of aryl methyl sites for hydroxylation is 1. The Morgan fingerprint density at radius 3 is 2.33 bits per heavy atom. The Kier molecular flexibility index (Phi) is 6.21. The fraction of sp³-hybridized carbons (Fsp3) is 0.217. The van der Waals surface area contributed by atoms with Crippen LogP contribution in [0.2, 0.25) is 0 Å². The summed E-state index contributed by atoms with van der Waals surface area (Å²) >= 11 is 0. The molecule has 27 heavy (non-hydrogen) atoms. The van der Waals surface area contributed by atoms with E-state index in [0.717, 1.165) is 23.4 Å². The lowest BCUT2D eigenvalue weighted by atomic mass is 10.1. The van der Waals surface area contributed by atoms with Gasteiger partial charge in [0.15, 0.2) is 6.10 Å². The second kappa shape index (κ2) is 8.99. The molecule has 4 heteroatoms. The summed E-state index contributed by atoms with van der Waals surface area (Å²) in [5.41, 5.74) is 4.18. The molecule has 1 N–H and O–H groups in total. The van der Waals surface area contributed by atoms with Crippen LogP contribution in [0.15, 0.2) is 73.1 Å². The van der Waals surface area contributed by atoms with Crippen molar-refractivity contribution < 1.29 is 9.53 Å². The monoisotopic (exact) mass is 360 g/mol. The highest BCUT2D eigenvalue weighted by Crippen LogP contribution is 2.20. The summed E-state index contributed by atoms with van der Waals surface area (Å²) < 4.78 is 5.91. The summed E-state index contributed by atoms with van der Waals surface area (Å²) in [5.74, 6) is 0.606. The molecular formula is C23H24N2O2. The predicted molar refractivity (Wildman–Crippen MR) is 108 cm³/mol. The number of para-hydroxylation sites is 1. The Labute approximate surface area is 160 Å². The Morgan fingerprint density at radius 2 is 1.67 bits per heavy atom. The number of aromatic nitrogens is 1. The minimum Gasteiger partial charge on any atom is -0.480 e. The Balaban J connectivity index is 1.61. The van der Waals surface area contributed by atoms with Crippen LogP contribution >= 0.6 is 0 Å². The molecule has 1 unspecified atom stereocenters. The van der Waals surface area contributed by atoms with Crippen molar-refractivity contribution in [1.29, 1.82) is 0 Å². The van der Waals surface area contributed by atoms with Crippen LogP contribution in [-0.2, 0) is 11.2 Å². The number of anilines is 1. The van der Waals surface area contributed by atoms with E-state index >= 15 is 0 Å². The number of ether oxygens (including phenoxy) is 1. The molecule has 3 rings (SSSR count). The van der Waals surface area contributed by atoms with Gasteiger partial charge in [-0.15, -0.1) is 0 Å². The molecule has 1 amide bonds. The summed E-state index contributed by atoms with van der Waals surface area (Å²) in [7, 11) is 0. The first-order valence-corrected chi connectivity index (χ1v) is 9.16. The van der Waals surface area contributed by atoms with Crippen LogP contribution in [0.5, 0.6) is 5.75 Å². The zero-order valence-corrected chi connectivity index (χ0v) is 15.7. The first-order chi connectivity index (χ1) is 13.2. The number of hydrogen-bond donors (Lipinski definition) is 1. The van der Waals surface area contributed by atoms with Crippen LogP contribution in [0.1, 0.15) is 30.0 Å². The molecule has 0 aliphatic rings. The number of carbonyl (C=O) groups is 1. The van der Waals surface area contributed by atoms with E-state index in [0.29, 0.717) is 6.42 Å². The van der Waals surface area contributed by atoms with Gasteiger partial charge in [0.2, 0.25) is 0 Å². The summed E-state index contributed by atoms with van der Waals surface area (Å²) in [4.78, 5) is 16.6. The summed E-state index contributed by atoms with van der Waals surface area (Å²) in [5, 5.41) is 2.95. The zero-order valence-electron chi connectivity index (χ0n) is 15.7. The van der Waals surface area contributed by atoms with Gasteiger partial charge in [-0.3, -0.25) is 9.78 Å². The smallest absolute Gasteiger partial charge is 0.265 e. The van der Waals surface area contributed by atoms with Crippen LogP contribution < -0.4 is 10.1 Å². The highest BCUT2D eigenvalue weighted by molar-refractivity contribution is 5.94. The zero-order chi connectivity index (χ0) is 19.1. The second-order valence-corrected chi connectivity index (χ2v) is 6.50. The van der Waals surface area contributed by atoms with Gasteiger partial charge in [0, 0.05) is 18.1 Å². The first-order valence-electron chi connectivity index (χ1n) is 9.16. The van der Waals surface area contributed by atoms with E-state index in [4.69, 9.17) is 4.74 Å². The normalized spacial score (nSPS) is 11.6. The third-order valence-electron chi connectivity index (χ3n) is 4.41. The molecule has 1 heterocycles. The van der Waals surface area contributed by atoms with Gasteiger partial charge in [-0.2, -0.15) is 0 Å². The van der Waals surface area contributed by atoms with Crippen molar-refractivity contribution in [2.75, 3.05) is 5.32 Å². The summed E-state index contributed by atoms with van der Waals surface area (Å²) in [6.45, 7) is 3.92. The number of carbonyl (C=O) groups excluding carboxylic acids is 1. The predicted octanol–water partition coefficient (Wildman–Crippen LogP) is 4.78. The van der Waals surface area contributed by atoms with E-state index in [1.54, 1.807) is 12.4 Å². The third kappa shape index (κ3) is 5.17. The van der Waals surface area contributed by atoms with Gasteiger partial charge in [0.1, 0.15) is 5.75 Å². The fourth-order valence-electron chi connectivity index (χ4n) is 2.83. The van der Waals surface area contributed by atoms with Gasteiger partial charge in [-0.25, -0.2) is 0 Å². The number of nitrogens with zero attached hydrogens (tertiary/aromatic N) is 1. The van der Waals surface area contributed by atoms with Crippen LogP contribution in [0, 0.1) is 6.92 Å². The molecule has 0 saturated carbocycles. The quantitative estimate of drug-likeness (QED) is 0.660. The first kappa shape index (κ1) is 18.6. The number of rotatable bonds is 7. The van der Waals surface area contributed by atoms with Gasteiger partial charge in [-0.05, 0) is 66.8 Å². The average molecular weight is 360 g/mol. The number of nitrogens with one attached hydrogen (secondary N) is 1. The minimum absolute atomic E-state index is 0.136. The molecule has 3 aromatic rings. The van der Waals surface area contributed by atoms with Crippen molar-refractivity contribution in [3.05, 3.63) is 89.7 Å². The maximum atomic E-state index is 12.6. The van der Waals surface area contributed by atoms with Gasteiger partial charge >= 0.3 is 0 Å². The molecule has 0 spiro atoms. The Bertz CT molecular complexity index is 876. The van der Waals surface area contributed by atoms with E-state index < -0.39 is 6.10 Å². The largest absolute Gasteiger partial charge is 0.480 e. The van der Waals surface area contributed by atoms with E-state index in [-0.39, 0.29) is 5.91 Å². The molecule has 1 atom stereocenters. The molecule has 0 saturated heterocycles. The number of hydrogen-bond acceptors (Lipinski definition) is 3. The van der Waals surface area contributed by atoms with Crippen molar-refractivity contribution >= 4 is 11.6 Å². The molecule has 2 aromatic carbocycles. The standard InChI is InChI=1S/C23H24N2O2/c1-3-21(27-22-7-5-4-6-17(22)2)23(26)25-20-10-8-18(9-11-20)16-19-12-14-24-15-13-19/h4-15,21H,3,16H2,1-2H3,(H,25,26). The molecule has 4 nitrogen and oxygen atoms in total. The topological polar surface area (TPSA) is 51.2 Å². The Morgan fingerprint density at radius 1 is 1.00 bits per heavy atom. The summed E-state index contributed by atoms with van der Waals surface area (Å²) in [6.07, 6.45) is 4.50. The lowest BCUT2D eigenvalue weighted by Gasteiger charge is -2.18. The third-order valence-corrected chi connectivity index (χ3v) is 4.41. The van der Waals surface area contributed by atoms with Gasteiger partial charge in [-0.1, -0.05) is 37.3 Å². The van der Waals surface area contributed by atoms with Crippen LogP contribution in [-0.4, -0.2) is 17.0 Å². The molecule has 0 aliphatic heterocycles. The number of amides is 1. The molecular weight excluding hydrogens is 336 g/mol. The van der Waals surface area contributed by atoms with Crippen molar-refractivity contribution in [1.82, 2.24) is 4.98 Å². The average Bonchev–Trinajstić information content (AvgIpc) is 2.69. The van der Waals surface area contributed by atoms with E-state index in [2.05, 4.69) is 10.3 Å². The second-order valence-electron chi connectivity index (χ2n) is 6.50. The van der Waals surface area contributed by atoms with Crippen molar-refractivity contribution in [3.8, 4) is 5.75 Å². The molecule has 0 fully saturated rings. The van der Waals surface area contributed by atoms with Crippen LogP contribution in [0.25, 0.3) is 0 Å². The van der Waals surface area contributed by atoms with Crippen LogP contribution in [0.3, 0.4) is 0 Å². The lowest BCUT2D eigenvalue weighted by Crippen LogP contribution is -2.32. The van der Waals surface area contributed by atoms with E-state index in [1.165, 1.54) is 11.1 Å². The lowest BCUT2D eigenvalue weighted by molar-refractivity contribution is -0.122. The molecule has 138 valence electrons. The van der Waals surface area contributed by atoms with Crippen molar-refractivity contribution in [2.45, 2.75) is 32.8 Å². The minimum atomic E-state index is -0.525. The van der Waals surface area contributed by atoms with Gasteiger partial charge < -0.3 is 10.1 Å². The number of benzene rings is 2. The molecule has 1 aromatic heterocycles. The fourth-order valence-corrected chi connectivity index (χ4v) is 2.83. The maximum absolute atomic E-state index is 12.6. The van der Waals surface area contributed by atoms with E-state index in [1.807, 2.05) is 74.5 Å². The highest BCUT2D eigenvalue weighted by Gasteiger charge is 2.19. The van der Waals surface area contributed by atoms with Crippen molar-refractivity contribution in [3.63, 3.8) is 0 Å². The summed E-state index contributed by atoms with van der Waals surface area (Å²) in [6, 6.07) is 19.6. The Hall–Kier alpha value is -3.14. The molecule has 0 radical (unpaired) electrons. The van der Waals surface area contributed by atoms with E-state index in [9.17, 15) is 4.79 Å². The SMILES string of the molecule is CCC(Oc1ccccc1C)C(=O)Nc1ccc(Cc2ccncc2)cc1. The maximum Gasteiger partial charge on any atom is 0.265 e. The van der Waals surface area contributed by atoms with Gasteiger partial charge in [0.25, 0.3) is 5.91 Å².